The van der Waals surface area contributed by atoms with Crippen molar-refractivity contribution in [2.45, 2.75) is 13.2 Å². The minimum atomic E-state index is 0.184. The molecule has 9 nitrogen and oxygen atoms in total. The molecule has 0 saturated heterocycles. The lowest BCUT2D eigenvalue weighted by Crippen LogP contribution is -2.18. The fourth-order valence-corrected chi connectivity index (χ4v) is 2.18. The first-order valence-corrected chi connectivity index (χ1v) is 7.71. The monoisotopic (exact) mass is 361 g/mol. The predicted octanol–water partition coefficient (Wildman–Crippen LogP) is 1.63. The Morgan fingerprint density at radius 1 is 1.20 bits per heavy atom. The molecule has 3 aromatic rings. The van der Waals surface area contributed by atoms with Crippen molar-refractivity contribution in [1.82, 2.24) is 25.3 Å². The summed E-state index contributed by atoms with van der Waals surface area (Å²) in [5.74, 6) is 1.43. The van der Waals surface area contributed by atoms with Gasteiger partial charge >= 0.3 is 0 Å². The van der Waals surface area contributed by atoms with Crippen molar-refractivity contribution in [3.63, 3.8) is 0 Å². The van der Waals surface area contributed by atoms with Crippen LogP contribution in [-0.4, -0.2) is 32.4 Å². The van der Waals surface area contributed by atoms with Gasteiger partial charge in [-0.3, -0.25) is 0 Å². The van der Waals surface area contributed by atoms with Gasteiger partial charge in [0.2, 0.25) is 0 Å². The van der Waals surface area contributed by atoms with Crippen LogP contribution < -0.4 is 20.6 Å². The molecule has 3 N–H and O–H groups in total. The summed E-state index contributed by atoms with van der Waals surface area (Å²) >= 11 is 5.77. The number of tetrazole rings is 1. The van der Waals surface area contributed by atoms with Gasteiger partial charge in [0.25, 0.3) is 5.95 Å². The number of nitrogens with two attached hydrogens (primary N) is 1. The third kappa shape index (κ3) is 4.27. The normalized spacial score (nSPS) is 10.5. The number of methoxy groups -OCH3 is 1. The van der Waals surface area contributed by atoms with E-state index in [9.17, 15) is 0 Å². The van der Waals surface area contributed by atoms with Gasteiger partial charge in [-0.15, -0.1) is 4.79 Å². The number of rotatable bonds is 7. The Morgan fingerprint density at radius 3 is 2.72 bits per heavy atom. The van der Waals surface area contributed by atoms with E-state index < -0.39 is 0 Å². The van der Waals surface area contributed by atoms with Crippen LogP contribution in [0.3, 0.4) is 0 Å². The number of pyridine rings is 1. The molecule has 2 aromatic heterocycles. The van der Waals surface area contributed by atoms with Crippen LogP contribution >= 0.6 is 11.6 Å². The molecular formula is C15H16ClN7O2. The summed E-state index contributed by atoms with van der Waals surface area (Å²) in [5, 5.41) is 11.2. The molecule has 0 unspecified atom stereocenters. The number of nitrogens with one attached hydrogen (secondary N) is 1. The van der Waals surface area contributed by atoms with Crippen molar-refractivity contribution in [3.8, 4) is 11.5 Å². The molecule has 10 heteroatoms. The number of nitrogen functional groups attached to an aromatic ring is 1. The van der Waals surface area contributed by atoms with Crippen molar-refractivity contribution in [2.75, 3.05) is 18.3 Å². The Bertz CT molecular complexity index is 838. The Kier molecular flexibility index (Phi) is 5.14. The highest BCUT2D eigenvalue weighted by atomic mass is 35.5. The SMILES string of the molecule is COc1cc(CNn2nnnc2N)ccc1OCc1ccc(Cl)nc1. The molecule has 2 heterocycles. The summed E-state index contributed by atoms with van der Waals surface area (Å²) in [7, 11) is 1.59. The lowest BCUT2D eigenvalue weighted by molar-refractivity contribution is 0.284. The number of hydrogen-bond donors (Lipinski definition) is 2. The van der Waals surface area contributed by atoms with Crippen molar-refractivity contribution < 1.29 is 9.47 Å². The summed E-state index contributed by atoms with van der Waals surface area (Å²) in [6.45, 7) is 0.826. The van der Waals surface area contributed by atoms with Gasteiger partial charge < -0.3 is 20.6 Å². The Morgan fingerprint density at radius 2 is 2.04 bits per heavy atom. The van der Waals surface area contributed by atoms with E-state index in [0.717, 1.165) is 11.1 Å². The number of aromatic nitrogens is 5. The Hall–Kier alpha value is -3.07. The third-order valence-electron chi connectivity index (χ3n) is 3.34. The average Bonchev–Trinajstić information content (AvgIpc) is 3.04. The summed E-state index contributed by atoms with van der Waals surface area (Å²) in [4.78, 5) is 5.32. The van der Waals surface area contributed by atoms with E-state index in [1.807, 2.05) is 24.3 Å². The van der Waals surface area contributed by atoms with E-state index in [0.29, 0.717) is 29.8 Å². The summed E-state index contributed by atoms with van der Waals surface area (Å²) < 4.78 is 11.2. The number of ether oxygens (including phenoxy) is 2. The van der Waals surface area contributed by atoms with Gasteiger partial charge in [-0.2, -0.15) is 0 Å². The van der Waals surface area contributed by atoms with Crippen molar-refractivity contribution in [1.29, 1.82) is 0 Å². The van der Waals surface area contributed by atoms with Crippen molar-refractivity contribution in [3.05, 3.63) is 52.8 Å². The molecule has 0 atom stereocenters. The van der Waals surface area contributed by atoms with Gasteiger partial charge in [-0.25, -0.2) is 4.98 Å². The fraction of sp³-hybridized carbons (Fsp3) is 0.200. The van der Waals surface area contributed by atoms with E-state index in [4.69, 9.17) is 26.8 Å². The lowest BCUT2D eigenvalue weighted by atomic mass is 10.2. The largest absolute Gasteiger partial charge is 0.493 e. The second kappa shape index (κ2) is 7.67. The first-order chi connectivity index (χ1) is 12.2. The number of hydrogen-bond acceptors (Lipinski definition) is 8. The second-order valence-electron chi connectivity index (χ2n) is 5.05. The molecule has 0 spiro atoms. The molecule has 0 saturated carbocycles. The quantitative estimate of drug-likeness (QED) is 0.610. The van der Waals surface area contributed by atoms with Crippen molar-refractivity contribution in [2.24, 2.45) is 0 Å². The highest BCUT2D eigenvalue weighted by Gasteiger charge is 2.08. The van der Waals surface area contributed by atoms with E-state index in [1.54, 1.807) is 19.4 Å². The molecule has 0 amide bonds. The zero-order valence-corrected chi connectivity index (χ0v) is 14.1. The Labute approximate surface area is 148 Å². The zero-order valence-electron chi connectivity index (χ0n) is 13.4. The summed E-state index contributed by atoms with van der Waals surface area (Å²) in [5.41, 5.74) is 10.4. The maximum Gasteiger partial charge on any atom is 0.260 e. The maximum absolute atomic E-state index is 5.79. The third-order valence-corrected chi connectivity index (χ3v) is 3.56. The van der Waals surface area contributed by atoms with Crippen LogP contribution in [0.25, 0.3) is 0 Å². The first-order valence-electron chi connectivity index (χ1n) is 7.33. The number of anilines is 1. The molecular weight excluding hydrogens is 346 g/mol. The standard InChI is InChI=1S/C15H16ClN7O2/c1-24-13-6-10(8-19-23-15(17)20-21-22-23)2-4-12(13)25-9-11-3-5-14(16)18-7-11/h2-7,19H,8-9H2,1H3,(H2,17,20,22). The Balaban J connectivity index is 1.64. The lowest BCUT2D eigenvalue weighted by Gasteiger charge is -2.13. The van der Waals surface area contributed by atoms with Crippen LogP contribution in [0, 0.1) is 0 Å². The van der Waals surface area contributed by atoms with Crippen LogP contribution in [0.2, 0.25) is 5.15 Å². The number of benzene rings is 1. The fourth-order valence-electron chi connectivity index (χ4n) is 2.07. The van der Waals surface area contributed by atoms with Gasteiger partial charge in [0.15, 0.2) is 11.5 Å². The molecule has 25 heavy (non-hydrogen) atoms. The molecule has 0 aliphatic carbocycles. The summed E-state index contributed by atoms with van der Waals surface area (Å²) in [6.07, 6.45) is 1.67. The smallest absolute Gasteiger partial charge is 0.260 e. The van der Waals surface area contributed by atoms with Crippen LogP contribution in [0.1, 0.15) is 11.1 Å². The topological polar surface area (TPSA) is 113 Å². The van der Waals surface area contributed by atoms with E-state index in [1.165, 1.54) is 4.79 Å². The minimum Gasteiger partial charge on any atom is -0.493 e. The average molecular weight is 362 g/mol. The predicted molar refractivity (Wildman–Crippen MR) is 91.9 cm³/mol. The van der Waals surface area contributed by atoms with E-state index in [2.05, 4.69) is 25.9 Å². The molecule has 0 bridgehead atoms. The van der Waals surface area contributed by atoms with Crippen LogP contribution in [0.4, 0.5) is 5.95 Å². The van der Waals surface area contributed by atoms with E-state index >= 15 is 0 Å². The van der Waals surface area contributed by atoms with Crippen molar-refractivity contribution >= 4 is 17.5 Å². The van der Waals surface area contributed by atoms with Crippen LogP contribution in [0.15, 0.2) is 36.5 Å². The minimum absolute atomic E-state index is 0.184. The number of nitrogens with zero attached hydrogens (tertiary/aromatic N) is 5. The first kappa shape index (κ1) is 16.8. The highest BCUT2D eigenvalue weighted by molar-refractivity contribution is 6.29. The van der Waals surface area contributed by atoms with Crippen LogP contribution in [-0.2, 0) is 13.2 Å². The van der Waals surface area contributed by atoms with Gasteiger partial charge in [0, 0.05) is 11.8 Å². The molecule has 130 valence electrons. The molecule has 0 fully saturated rings. The van der Waals surface area contributed by atoms with Gasteiger partial charge in [0.1, 0.15) is 11.8 Å². The molecule has 0 aliphatic rings. The van der Waals surface area contributed by atoms with Crippen LogP contribution in [0.5, 0.6) is 11.5 Å². The second-order valence-corrected chi connectivity index (χ2v) is 5.43. The maximum atomic E-state index is 5.79. The van der Waals surface area contributed by atoms with Gasteiger partial charge in [-0.1, -0.05) is 28.8 Å². The summed E-state index contributed by atoms with van der Waals surface area (Å²) in [6, 6.07) is 9.18. The van der Waals surface area contributed by atoms with E-state index in [-0.39, 0.29) is 5.95 Å². The zero-order chi connectivity index (χ0) is 17.6. The van der Waals surface area contributed by atoms with Gasteiger partial charge in [-0.05, 0) is 34.2 Å². The molecule has 0 aliphatic heterocycles. The molecule has 0 radical (unpaired) electrons. The molecule has 3 rings (SSSR count). The highest BCUT2D eigenvalue weighted by Crippen LogP contribution is 2.29. The van der Waals surface area contributed by atoms with Gasteiger partial charge in [0.05, 0.1) is 13.7 Å². The number of halogens is 1. The molecule has 1 aromatic carbocycles.